The van der Waals surface area contributed by atoms with Crippen molar-refractivity contribution in [2.45, 2.75) is 259 Å². The lowest BCUT2D eigenvalue weighted by molar-refractivity contribution is 0.103. The van der Waals surface area contributed by atoms with Gasteiger partial charge in [0.1, 0.15) is 35.4 Å². The van der Waals surface area contributed by atoms with Gasteiger partial charge in [0.2, 0.25) is 0 Å². The number of allylic oxidation sites excluding steroid dienone is 6. The third-order valence-electron chi connectivity index (χ3n) is 27.2. The Hall–Kier alpha value is -10.4. The molecular weight excluding hydrogens is 1590 g/mol. The first-order valence-corrected chi connectivity index (χ1v) is 50.0. The number of rotatable bonds is 40. The molecule has 15 rings (SSSR count). The summed E-state index contributed by atoms with van der Waals surface area (Å²) in [6.07, 6.45) is 37.5. The topological polar surface area (TPSA) is 129 Å². The smallest absolute Gasteiger partial charge is 0.194 e. The molecule has 0 N–H and O–H groups in total. The van der Waals surface area contributed by atoms with Crippen LogP contribution < -0.4 is 0 Å². The van der Waals surface area contributed by atoms with E-state index in [0.717, 1.165) is 125 Å². The van der Waals surface area contributed by atoms with Crippen LogP contribution in [0.2, 0.25) is 0 Å². The van der Waals surface area contributed by atoms with Crippen LogP contribution in [0, 0.1) is 57.2 Å². The summed E-state index contributed by atoms with van der Waals surface area (Å²) < 4.78 is 0. The molecule has 630 valence electrons. The molecule has 11 aromatic rings. The highest BCUT2D eigenvalue weighted by Crippen LogP contribution is 2.67. The van der Waals surface area contributed by atoms with E-state index in [0.29, 0.717) is 56.4 Å². The number of carbonyl (C=O) groups excluding carboxylic acids is 2. The average Bonchev–Trinajstić information content (AvgIpc) is 1.50. The van der Waals surface area contributed by atoms with E-state index in [1.807, 2.05) is 83.4 Å². The van der Waals surface area contributed by atoms with Crippen LogP contribution in [0.4, 0.5) is 0 Å². The zero-order valence-corrected chi connectivity index (χ0v) is 77.3. The lowest BCUT2D eigenvalue weighted by Crippen LogP contribution is -2.30. The van der Waals surface area contributed by atoms with Crippen molar-refractivity contribution >= 4 is 80.2 Å². The number of hydrogen-bond donors (Lipinski definition) is 0. The molecule has 0 bridgehead atoms. The summed E-state index contributed by atoms with van der Waals surface area (Å²) in [7, 11) is 0. The van der Waals surface area contributed by atoms with E-state index in [1.165, 1.54) is 195 Å². The van der Waals surface area contributed by atoms with Crippen LogP contribution in [-0.2, 0) is 49.4 Å². The van der Waals surface area contributed by atoms with Gasteiger partial charge in [0.05, 0.1) is 10.8 Å². The maximum Gasteiger partial charge on any atom is 0.194 e. The number of aryl methyl sites for hydroxylation is 4. The molecule has 0 fully saturated rings. The predicted molar refractivity (Wildman–Crippen MR) is 523 cm³/mol. The molecule has 10 heteroatoms. The Balaban J connectivity index is 1.03. The first-order chi connectivity index (χ1) is 60.8. The molecule has 0 amide bonds. The molecule has 0 saturated carbocycles. The molecule has 0 radical (unpaired) electrons. The highest BCUT2D eigenvalue weighted by atomic mass is 32.1. The summed E-state index contributed by atoms with van der Waals surface area (Å²) >= 11 is 7.31. The van der Waals surface area contributed by atoms with Crippen LogP contribution in [0.25, 0.3) is 63.7 Å². The van der Waals surface area contributed by atoms with Crippen molar-refractivity contribution in [2.75, 3.05) is 0 Å². The molecule has 124 heavy (non-hydrogen) atoms. The number of thiophene rings is 4. The summed E-state index contributed by atoms with van der Waals surface area (Å²) in [5.41, 5.74) is 22.5. The maximum absolute atomic E-state index is 14.9. The number of ketones is 2. The first kappa shape index (κ1) is 88.5. The minimum absolute atomic E-state index is 0.0624. The second-order valence-electron chi connectivity index (χ2n) is 35.2. The monoisotopic (exact) mass is 1700 g/mol. The highest BCUT2D eigenvalue weighted by molar-refractivity contribution is 7.25. The predicted octanol–water partition coefficient (Wildman–Crippen LogP) is 32.2. The molecule has 7 aromatic carbocycles. The Morgan fingerprint density at radius 3 is 0.927 bits per heavy atom. The number of fused-ring (bicyclic) bond motifs is 8. The number of hydrogen-bond acceptors (Lipinski definition) is 10. The van der Waals surface area contributed by atoms with Gasteiger partial charge >= 0.3 is 0 Å². The Labute approximate surface area is 754 Å². The van der Waals surface area contributed by atoms with Crippen LogP contribution in [0.15, 0.2) is 204 Å². The van der Waals surface area contributed by atoms with Crippen molar-refractivity contribution in [3.8, 4) is 64.7 Å². The van der Waals surface area contributed by atoms with Gasteiger partial charge in [0.15, 0.2) is 11.6 Å². The highest BCUT2D eigenvalue weighted by Gasteiger charge is 2.54. The minimum atomic E-state index is -0.819. The van der Waals surface area contributed by atoms with E-state index in [-0.39, 0.29) is 22.7 Å². The van der Waals surface area contributed by atoms with Gasteiger partial charge in [0.25, 0.3) is 0 Å². The van der Waals surface area contributed by atoms with Gasteiger partial charge in [-0.3, -0.25) is 9.59 Å². The van der Waals surface area contributed by atoms with Crippen molar-refractivity contribution in [2.24, 2.45) is 11.8 Å². The third kappa shape index (κ3) is 17.5. The van der Waals surface area contributed by atoms with Crippen LogP contribution in [0.3, 0.4) is 0 Å². The van der Waals surface area contributed by atoms with E-state index in [2.05, 4.69) is 213 Å². The molecule has 4 heterocycles. The number of carbonyl (C=O) groups is 2. The van der Waals surface area contributed by atoms with E-state index in [9.17, 15) is 30.6 Å². The van der Waals surface area contributed by atoms with Gasteiger partial charge in [-0.05, 0) is 225 Å². The Morgan fingerprint density at radius 2 is 0.637 bits per heavy atom. The van der Waals surface area contributed by atoms with Crippen LogP contribution in [0.1, 0.15) is 329 Å². The van der Waals surface area contributed by atoms with Gasteiger partial charge in [-0.25, -0.2) is 0 Å². The molecule has 6 nitrogen and oxygen atoms in total. The third-order valence-corrected chi connectivity index (χ3v) is 32.1. The van der Waals surface area contributed by atoms with Gasteiger partial charge in [-0.1, -0.05) is 329 Å². The number of Topliss-reactive ketones (excluding diaryl/α,β-unsaturated/α-hetero) is 2. The van der Waals surface area contributed by atoms with E-state index in [4.69, 9.17) is 0 Å². The first-order valence-electron chi connectivity index (χ1n) is 46.7. The van der Waals surface area contributed by atoms with Gasteiger partial charge in [0, 0.05) is 72.4 Å². The van der Waals surface area contributed by atoms with E-state index >= 15 is 0 Å². The molecule has 0 spiro atoms. The van der Waals surface area contributed by atoms with Crippen LogP contribution >= 0.6 is 45.3 Å². The molecule has 4 aliphatic rings. The van der Waals surface area contributed by atoms with E-state index in [1.54, 1.807) is 22.7 Å². The van der Waals surface area contributed by atoms with Crippen molar-refractivity contribution in [3.63, 3.8) is 0 Å². The van der Waals surface area contributed by atoms with Gasteiger partial charge in [-0.2, -0.15) is 21.0 Å². The van der Waals surface area contributed by atoms with Gasteiger partial charge in [-0.15, -0.1) is 45.3 Å². The fourth-order valence-corrected chi connectivity index (χ4v) is 25.4. The Bertz CT molecular complexity index is 5520. The molecule has 4 aromatic heterocycles. The minimum Gasteiger partial charge on any atom is -0.289 e. The molecular formula is C114H118N4O2S4. The standard InChI is InChI=1S/C114H118N4O2S4/c1-9-17-23-27-37-77-45-53-85(54-46-77)113(86-55-47-78(48-56-86)38-28-24-18-10-2)99-67-96-100(68-95(99)111-101(113)69-103(123-111)109-81(61-75(15-7)35-21-13-5)63-89(121-109)65-97-105(83(71-115)72-116)91-41-31-33-43-93(91)107(97)119)114(87-57-49-79(50-58-87)39-29-25-19-11-3,88-59-51-80(52-60-88)40-30-26-20-12-4)102-70-104(124-112(96)102)110-82(62-76(16-8)36-22-14-6)64-90(122-110)66-98-106(84(73-117)74-118)92-42-32-34-44-94(92)108(98)120/h31-34,41-60,63-70,75-76H,9-30,35-40,61-62H2,1-8H3/b97-65-,98-66-. The fourth-order valence-electron chi connectivity index (χ4n) is 20.4. The Kier molecular flexibility index (Phi) is 29.0. The van der Waals surface area contributed by atoms with Crippen LogP contribution in [0.5, 0.6) is 0 Å². The van der Waals surface area contributed by atoms with Crippen molar-refractivity contribution in [1.29, 1.82) is 21.0 Å². The molecule has 2 unspecified atom stereocenters. The van der Waals surface area contributed by atoms with Crippen LogP contribution in [-0.4, -0.2) is 11.6 Å². The summed E-state index contributed by atoms with van der Waals surface area (Å²) in [5.74, 6) is 0.500. The normalized spacial score (nSPS) is 14.8. The summed E-state index contributed by atoms with van der Waals surface area (Å²) in [6, 6.07) is 78.1. The van der Waals surface area contributed by atoms with Crippen molar-refractivity contribution in [3.05, 3.63) is 314 Å². The summed E-state index contributed by atoms with van der Waals surface area (Å²) in [4.78, 5) is 38.9. The fraction of sp³-hybridized carbons (Fsp3) is 0.368. The lowest BCUT2D eigenvalue weighted by atomic mass is 9.65. The average molecular weight is 1700 g/mol. The summed E-state index contributed by atoms with van der Waals surface area (Å²) in [6.45, 7) is 18.4. The molecule has 0 saturated heterocycles. The second kappa shape index (κ2) is 40.7. The van der Waals surface area contributed by atoms with E-state index < -0.39 is 10.8 Å². The quantitative estimate of drug-likeness (QED) is 0.0214. The molecule has 4 aliphatic carbocycles. The van der Waals surface area contributed by atoms with Crippen molar-refractivity contribution < 1.29 is 9.59 Å². The number of benzene rings is 7. The second-order valence-corrected chi connectivity index (χ2v) is 39.5. The maximum atomic E-state index is 14.9. The largest absolute Gasteiger partial charge is 0.289 e. The summed E-state index contributed by atoms with van der Waals surface area (Å²) in [5, 5.41) is 42.4. The number of nitrogens with zero attached hydrogens (tertiary/aromatic N) is 4. The lowest BCUT2D eigenvalue weighted by Gasteiger charge is -2.36. The molecule has 0 aliphatic heterocycles. The SMILES string of the molecule is CCCCCCc1ccc(C2(c3ccc(CCCCCC)cc3)c3cc4c(cc3-c3sc(-c5sc(/C=C6\C(=O)c7ccccc7C6=C(C#N)C#N)cc5CC(CC)CCCC)cc32)C(c2ccc(CCCCCC)cc2)(c2ccc(CCCCCC)cc2)c2cc(-c3sc(/C=C5\C(=O)c6ccccc6C5=C(C#N)C#N)cc3CC(CC)CCCC)sc2-4)cc1. The number of nitriles is 4. The molecule has 2 atom stereocenters. The number of unbranched alkanes of at least 4 members (excludes halogenated alkanes) is 14. The van der Waals surface area contributed by atoms with Gasteiger partial charge < -0.3 is 0 Å². The zero-order chi connectivity index (χ0) is 86.4. The zero-order valence-electron chi connectivity index (χ0n) is 74.1. The van der Waals surface area contributed by atoms with Crippen molar-refractivity contribution in [1.82, 2.24) is 0 Å². The Morgan fingerprint density at radius 1 is 0.331 bits per heavy atom.